The lowest BCUT2D eigenvalue weighted by molar-refractivity contribution is -0.141. The maximum absolute atomic E-state index is 13.0. The summed E-state index contributed by atoms with van der Waals surface area (Å²) in [5.74, 6) is -0.744. The van der Waals surface area contributed by atoms with Crippen molar-refractivity contribution in [3.8, 4) is 0 Å². The number of carbonyl (C=O) groups excluding carboxylic acids is 2. The number of likely N-dealkylation sites (N-methyl/N-ethyl adjacent to an activating group) is 1. The average molecular weight is 485 g/mol. The Morgan fingerprint density at radius 2 is 1.79 bits per heavy atom. The number of halogens is 3. The topological polar surface area (TPSA) is 116 Å². The molecule has 1 aliphatic rings. The number of carbonyl (C=O) groups is 2. The molecular weight excluding hydrogens is 463 g/mol. The van der Waals surface area contributed by atoms with E-state index in [1.807, 2.05) is 4.72 Å². The monoisotopic (exact) mass is 485 g/mol. The number of nitrogens with zero attached hydrogens (tertiary/aromatic N) is 1. The van der Waals surface area contributed by atoms with Gasteiger partial charge in [-0.05, 0) is 47.4 Å². The number of hydrogen-bond acceptors (Lipinski definition) is 4. The lowest BCUT2D eigenvalue weighted by Gasteiger charge is -2.36. The van der Waals surface area contributed by atoms with Crippen molar-refractivity contribution in [3.63, 3.8) is 0 Å². The van der Waals surface area contributed by atoms with E-state index in [-0.39, 0.29) is 43.3 Å². The molecule has 1 heterocycles. The van der Waals surface area contributed by atoms with Crippen LogP contribution in [0.15, 0.2) is 42.5 Å². The van der Waals surface area contributed by atoms with E-state index in [0.717, 1.165) is 17.7 Å². The zero-order chi connectivity index (χ0) is 24.4. The summed E-state index contributed by atoms with van der Waals surface area (Å²) in [6.07, 6.45) is -4.09. The van der Waals surface area contributed by atoms with Crippen molar-refractivity contribution >= 4 is 27.8 Å². The van der Waals surface area contributed by atoms with E-state index in [4.69, 9.17) is 4.55 Å². The smallest absolute Gasteiger partial charge is 0.357 e. The summed E-state index contributed by atoms with van der Waals surface area (Å²) in [5, 5.41) is 2.52. The molecule has 3 N–H and O–H groups in total. The molecule has 1 unspecified atom stereocenters. The van der Waals surface area contributed by atoms with E-state index in [1.54, 1.807) is 6.07 Å². The first-order valence-electron chi connectivity index (χ1n) is 9.91. The van der Waals surface area contributed by atoms with Gasteiger partial charge in [0.05, 0.1) is 11.3 Å². The van der Waals surface area contributed by atoms with Gasteiger partial charge in [-0.25, -0.2) is 0 Å². The standard InChI is InChI=1S/C21H22F3N3O5S/c1-25-20(29)18-11-14-5-8-17(26-33(30,31)32)10-15(14)12-27(18)19(28)9-4-13-2-6-16(7-3-13)21(22,23)24/h2-3,5-8,10,18,26H,4,9,11-12H2,1H3,(H,25,29)(H,30,31,32). The molecule has 2 amide bonds. The van der Waals surface area contributed by atoms with Crippen LogP contribution in [0, 0.1) is 0 Å². The number of amides is 2. The summed E-state index contributed by atoms with van der Waals surface area (Å²) in [7, 11) is -3.03. The highest BCUT2D eigenvalue weighted by atomic mass is 32.2. The van der Waals surface area contributed by atoms with Crippen molar-refractivity contribution in [2.24, 2.45) is 0 Å². The van der Waals surface area contributed by atoms with E-state index in [2.05, 4.69) is 5.32 Å². The normalized spacial score (nSPS) is 16.2. The fourth-order valence-electron chi connectivity index (χ4n) is 3.71. The molecule has 1 aliphatic heterocycles. The van der Waals surface area contributed by atoms with Crippen molar-refractivity contribution in [1.82, 2.24) is 10.2 Å². The lowest BCUT2D eigenvalue weighted by atomic mass is 9.92. The van der Waals surface area contributed by atoms with Gasteiger partial charge in [-0.15, -0.1) is 0 Å². The van der Waals surface area contributed by atoms with Gasteiger partial charge < -0.3 is 10.2 Å². The van der Waals surface area contributed by atoms with E-state index in [9.17, 15) is 31.2 Å². The van der Waals surface area contributed by atoms with Crippen LogP contribution in [0.3, 0.4) is 0 Å². The van der Waals surface area contributed by atoms with Gasteiger partial charge in [-0.3, -0.25) is 18.9 Å². The molecule has 2 aromatic carbocycles. The highest BCUT2D eigenvalue weighted by Crippen LogP contribution is 2.30. The van der Waals surface area contributed by atoms with Crippen molar-refractivity contribution in [3.05, 3.63) is 64.7 Å². The molecule has 1 atom stereocenters. The van der Waals surface area contributed by atoms with Crippen molar-refractivity contribution in [2.45, 2.75) is 38.0 Å². The first kappa shape index (κ1) is 24.5. The predicted molar refractivity (Wildman–Crippen MR) is 113 cm³/mol. The van der Waals surface area contributed by atoms with E-state index < -0.39 is 28.1 Å². The second-order valence-corrected chi connectivity index (χ2v) is 8.77. The number of aryl methyl sites for hydroxylation is 1. The van der Waals surface area contributed by atoms with Crippen LogP contribution in [0.4, 0.5) is 18.9 Å². The Hall–Kier alpha value is -3.12. The van der Waals surface area contributed by atoms with Gasteiger partial charge in [0, 0.05) is 26.4 Å². The van der Waals surface area contributed by atoms with Crippen LogP contribution in [0.25, 0.3) is 0 Å². The molecule has 0 aromatic heterocycles. The molecule has 2 aromatic rings. The minimum absolute atomic E-state index is 0.0280. The van der Waals surface area contributed by atoms with Gasteiger partial charge in [0.1, 0.15) is 6.04 Å². The number of fused-ring (bicyclic) bond motifs is 1. The molecule has 178 valence electrons. The van der Waals surface area contributed by atoms with Crippen LogP contribution in [0.1, 0.15) is 28.7 Å². The zero-order valence-corrected chi connectivity index (χ0v) is 18.3. The molecule has 0 fully saturated rings. The SMILES string of the molecule is CNC(=O)C1Cc2ccc(NS(=O)(=O)O)cc2CN1C(=O)CCc1ccc(C(F)(F)F)cc1. The summed E-state index contributed by atoms with van der Waals surface area (Å²) in [4.78, 5) is 26.7. The highest BCUT2D eigenvalue weighted by molar-refractivity contribution is 7.87. The first-order valence-corrected chi connectivity index (χ1v) is 11.4. The summed E-state index contributed by atoms with van der Waals surface area (Å²) in [6.45, 7) is 0.0280. The number of benzene rings is 2. The van der Waals surface area contributed by atoms with Crippen molar-refractivity contribution in [1.29, 1.82) is 0 Å². The molecule has 12 heteroatoms. The fraction of sp³-hybridized carbons (Fsp3) is 0.333. The van der Waals surface area contributed by atoms with Crippen LogP contribution in [-0.4, -0.2) is 42.8 Å². The summed E-state index contributed by atoms with van der Waals surface area (Å²) < 4.78 is 71.3. The summed E-state index contributed by atoms with van der Waals surface area (Å²) >= 11 is 0. The van der Waals surface area contributed by atoms with Gasteiger partial charge in [0.2, 0.25) is 11.8 Å². The fourth-order valence-corrected chi connectivity index (χ4v) is 4.14. The molecule has 0 radical (unpaired) electrons. The molecule has 0 aliphatic carbocycles. The van der Waals surface area contributed by atoms with Gasteiger partial charge in [0.15, 0.2) is 0 Å². The number of rotatable bonds is 6. The number of nitrogens with one attached hydrogen (secondary N) is 2. The third-order valence-corrected chi connectivity index (χ3v) is 5.86. The Kier molecular flexibility index (Phi) is 6.98. The Morgan fingerprint density at radius 3 is 2.36 bits per heavy atom. The molecule has 0 bridgehead atoms. The second kappa shape index (κ2) is 9.40. The predicted octanol–water partition coefficient (Wildman–Crippen LogP) is 2.55. The van der Waals surface area contributed by atoms with E-state index >= 15 is 0 Å². The lowest BCUT2D eigenvalue weighted by Crippen LogP contribution is -2.52. The van der Waals surface area contributed by atoms with Crippen LogP contribution in [0.5, 0.6) is 0 Å². The Bertz CT molecular complexity index is 1150. The van der Waals surface area contributed by atoms with Crippen LogP contribution < -0.4 is 10.0 Å². The highest BCUT2D eigenvalue weighted by Gasteiger charge is 2.34. The number of hydrogen-bond donors (Lipinski definition) is 3. The third-order valence-electron chi connectivity index (χ3n) is 5.36. The minimum Gasteiger partial charge on any atom is -0.357 e. The molecule has 8 nitrogen and oxygen atoms in total. The third kappa shape index (κ3) is 6.23. The van der Waals surface area contributed by atoms with Crippen molar-refractivity contribution in [2.75, 3.05) is 11.8 Å². The van der Waals surface area contributed by atoms with E-state index in [1.165, 1.54) is 36.2 Å². The van der Waals surface area contributed by atoms with Gasteiger partial charge in [-0.1, -0.05) is 18.2 Å². The molecule has 0 saturated carbocycles. The van der Waals surface area contributed by atoms with Gasteiger partial charge in [0.25, 0.3) is 0 Å². The van der Waals surface area contributed by atoms with Crippen LogP contribution in [0.2, 0.25) is 0 Å². The largest absolute Gasteiger partial charge is 0.416 e. The van der Waals surface area contributed by atoms with Crippen molar-refractivity contribution < 1.29 is 35.7 Å². The Balaban J connectivity index is 1.77. The second-order valence-electron chi connectivity index (χ2n) is 7.61. The molecule has 3 rings (SSSR count). The number of alkyl halides is 3. The number of anilines is 1. The molecule has 0 saturated heterocycles. The average Bonchev–Trinajstić information content (AvgIpc) is 2.74. The first-order chi connectivity index (χ1) is 15.4. The molecular formula is C21H22F3N3O5S. The van der Waals surface area contributed by atoms with E-state index in [0.29, 0.717) is 11.1 Å². The summed E-state index contributed by atoms with van der Waals surface area (Å²) in [6, 6.07) is 8.26. The maximum atomic E-state index is 13.0. The molecule has 33 heavy (non-hydrogen) atoms. The minimum atomic E-state index is -4.48. The van der Waals surface area contributed by atoms with Gasteiger partial charge >= 0.3 is 16.5 Å². The Morgan fingerprint density at radius 1 is 1.12 bits per heavy atom. The van der Waals surface area contributed by atoms with Gasteiger partial charge in [-0.2, -0.15) is 21.6 Å². The molecule has 0 spiro atoms. The van der Waals surface area contributed by atoms with Crippen LogP contribution >= 0.6 is 0 Å². The summed E-state index contributed by atoms with van der Waals surface area (Å²) in [5.41, 5.74) is 1.22. The zero-order valence-electron chi connectivity index (χ0n) is 17.5. The Labute approximate surface area is 188 Å². The quantitative estimate of drug-likeness (QED) is 0.544. The van der Waals surface area contributed by atoms with Crippen LogP contribution in [-0.2, 0) is 45.5 Å². The maximum Gasteiger partial charge on any atom is 0.416 e.